The standard InChI is InChI=1S/C11H11N5O2/c1-7-9(10(17)18)6-15-11(16-7)14-5-8-4-12-2-3-13-8/h2-4,6H,5H2,1H3,(H,17,18)(H,14,15,16). The fourth-order valence-electron chi connectivity index (χ4n) is 1.35. The second-order valence-electron chi connectivity index (χ2n) is 3.55. The Hall–Kier alpha value is -2.57. The van der Waals surface area contributed by atoms with E-state index in [1.54, 1.807) is 25.5 Å². The van der Waals surface area contributed by atoms with E-state index >= 15 is 0 Å². The molecule has 0 saturated carbocycles. The van der Waals surface area contributed by atoms with Gasteiger partial charge in [0.25, 0.3) is 0 Å². The molecule has 18 heavy (non-hydrogen) atoms. The molecule has 0 radical (unpaired) electrons. The molecule has 2 rings (SSSR count). The van der Waals surface area contributed by atoms with Crippen LogP contribution in [0.2, 0.25) is 0 Å². The van der Waals surface area contributed by atoms with E-state index in [-0.39, 0.29) is 5.56 Å². The van der Waals surface area contributed by atoms with Gasteiger partial charge in [-0.05, 0) is 6.92 Å². The summed E-state index contributed by atoms with van der Waals surface area (Å²) < 4.78 is 0. The summed E-state index contributed by atoms with van der Waals surface area (Å²) in [4.78, 5) is 26.8. The molecule has 0 spiro atoms. The molecule has 7 nitrogen and oxygen atoms in total. The van der Waals surface area contributed by atoms with E-state index in [2.05, 4.69) is 25.3 Å². The van der Waals surface area contributed by atoms with Crippen LogP contribution in [0, 0.1) is 6.92 Å². The third-order valence-electron chi connectivity index (χ3n) is 2.25. The summed E-state index contributed by atoms with van der Waals surface area (Å²) in [5.74, 6) is -0.670. The summed E-state index contributed by atoms with van der Waals surface area (Å²) >= 11 is 0. The first-order valence-electron chi connectivity index (χ1n) is 5.22. The molecule has 2 aromatic rings. The van der Waals surface area contributed by atoms with Gasteiger partial charge in [-0.25, -0.2) is 14.8 Å². The number of carbonyl (C=O) groups is 1. The number of rotatable bonds is 4. The number of hydrogen-bond donors (Lipinski definition) is 2. The summed E-state index contributed by atoms with van der Waals surface area (Å²) in [6.07, 6.45) is 6.09. The lowest BCUT2D eigenvalue weighted by Crippen LogP contribution is -2.09. The Morgan fingerprint density at radius 1 is 1.33 bits per heavy atom. The van der Waals surface area contributed by atoms with Gasteiger partial charge in [-0.2, -0.15) is 0 Å². The number of nitrogens with one attached hydrogen (secondary N) is 1. The Kier molecular flexibility index (Phi) is 3.42. The van der Waals surface area contributed by atoms with Crippen LogP contribution in [0.3, 0.4) is 0 Å². The van der Waals surface area contributed by atoms with Gasteiger partial charge < -0.3 is 10.4 Å². The van der Waals surface area contributed by atoms with Crippen LogP contribution in [-0.4, -0.2) is 31.0 Å². The molecule has 0 bridgehead atoms. The molecule has 0 aliphatic rings. The van der Waals surface area contributed by atoms with Crippen molar-refractivity contribution in [2.45, 2.75) is 13.5 Å². The van der Waals surface area contributed by atoms with Crippen LogP contribution in [-0.2, 0) is 6.54 Å². The number of aromatic nitrogens is 4. The van der Waals surface area contributed by atoms with Gasteiger partial charge in [0.05, 0.1) is 29.7 Å². The quantitative estimate of drug-likeness (QED) is 0.824. The topological polar surface area (TPSA) is 101 Å². The summed E-state index contributed by atoms with van der Waals surface area (Å²) in [6, 6.07) is 0. The molecule has 7 heteroatoms. The van der Waals surface area contributed by atoms with Gasteiger partial charge in [0, 0.05) is 18.6 Å². The van der Waals surface area contributed by atoms with E-state index in [9.17, 15) is 4.79 Å². The Bertz CT molecular complexity index is 559. The van der Waals surface area contributed by atoms with Gasteiger partial charge >= 0.3 is 5.97 Å². The smallest absolute Gasteiger partial charge is 0.339 e. The SMILES string of the molecule is Cc1nc(NCc2cnccn2)ncc1C(=O)O. The van der Waals surface area contributed by atoms with Gasteiger partial charge in [0.2, 0.25) is 5.95 Å². The maximum absolute atomic E-state index is 10.8. The monoisotopic (exact) mass is 245 g/mol. The Labute approximate surface area is 103 Å². The molecular weight excluding hydrogens is 234 g/mol. The summed E-state index contributed by atoms with van der Waals surface area (Å²) in [5.41, 5.74) is 1.26. The Morgan fingerprint density at radius 2 is 2.17 bits per heavy atom. The Morgan fingerprint density at radius 3 is 2.78 bits per heavy atom. The van der Waals surface area contributed by atoms with E-state index in [1.807, 2.05) is 0 Å². The summed E-state index contributed by atoms with van der Waals surface area (Å²) in [7, 11) is 0. The van der Waals surface area contributed by atoms with Crippen LogP contribution in [0.15, 0.2) is 24.8 Å². The highest BCUT2D eigenvalue weighted by Gasteiger charge is 2.09. The molecule has 0 aliphatic heterocycles. The maximum Gasteiger partial charge on any atom is 0.339 e. The van der Waals surface area contributed by atoms with Gasteiger partial charge in [0.1, 0.15) is 0 Å². The van der Waals surface area contributed by atoms with E-state index in [1.165, 1.54) is 6.20 Å². The molecular formula is C11H11N5O2. The predicted octanol–water partition coefficient (Wildman–Crippen LogP) is 0.885. The normalized spacial score (nSPS) is 10.1. The van der Waals surface area contributed by atoms with Gasteiger partial charge in [-0.15, -0.1) is 0 Å². The van der Waals surface area contributed by atoms with Crippen molar-refractivity contribution < 1.29 is 9.90 Å². The van der Waals surface area contributed by atoms with E-state index in [0.717, 1.165) is 5.69 Å². The van der Waals surface area contributed by atoms with Crippen LogP contribution in [0.1, 0.15) is 21.7 Å². The third-order valence-corrected chi connectivity index (χ3v) is 2.25. The first-order valence-corrected chi connectivity index (χ1v) is 5.22. The van der Waals surface area contributed by atoms with Crippen molar-refractivity contribution in [3.05, 3.63) is 41.7 Å². The van der Waals surface area contributed by atoms with E-state index < -0.39 is 5.97 Å². The second-order valence-corrected chi connectivity index (χ2v) is 3.55. The number of carboxylic acid groups (broad SMARTS) is 1. The van der Waals surface area contributed by atoms with Crippen molar-refractivity contribution in [3.63, 3.8) is 0 Å². The lowest BCUT2D eigenvalue weighted by Gasteiger charge is -2.05. The summed E-state index contributed by atoms with van der Waals surface area (Å²) in [5, 5.41) is 11.8. The number of hydrogen-bond acceptors (Lipinski definition) is 6. The average Bonchev–Trinajstić information content (AvgIpc) is 2.37. The number of nitrogens with zero attached hydrogens (tertiary/aromatic N) is 4. The van der Waals surface area contributed by atoms with Gasteiger partial charge in [-0.1, -0.05) is 0 Å². The van der Waals surface area contributed by atoms with Gasteiger partial charge in [0.15, 0.2) is 0 Å². The lowest BCUT2D eigenvalue weighted by molar-refractivity contribution is 0.0695. The first kappa shape index (κ1) is 11.9. The second kappa shape index (κ2) is 5.17. The van der Waals surface area contributed by atoms with Crippen molar-refractivity contribution >= 4 is 11.9 Å². The van der Waals surface area contributed by atoms with Crippen LogP contribution in [0.4, 0.5) is 5.95 Å². The van der Waals surface area contributed by atoms with E-state index in [0.29, 0.717) is 18.2 Å². The third kappa shape index (κ3) is 2.76. The zero-order valence-electron chi connectivity index (χ0n) is 9.66. The zero-order valence-corrected chi connectivity index (χ0v) is 9.66. The Balaban J connectivity index is 2.07. The molecule has 0 unspecified atom stereocenters. The van der Waals surface area contributed by atoms with Crippen molar-refractivity contribution in [1.29, 1.82) is 0 Å². The fraction of sp³-hybridized carbons (Fsp3) is 0.182. The molecule has 2 aromatic heterocycles. The average molecular weight is 245 g/mol. The van der Waals surface area contributed by atoms with Crippen molar-refractivity contribution in [3.8, 4) is 0 Å². The highest BCUT2D eigenvalue weighted by atomic mass is 16.4. The van der Waals surface area contributed by atoms with Crippen LogP contribution < -0.4 is 5.32 Å². The number of carboxylic acids is 1. The summed E-state index contributed by atoms with van der Waals surface area (Å²) in [6.45, 7) is 2.05. The number of anilines is 1. The first-order chi connectivity index (χ1) is 8.66. The van der Waals surface area contributed by atoms with Crippen molar-refractivity contribution in [2.24, 2.45) is 0 Å². The van der Waals surface area contributed by atoms with Crippen LogP contribution in [0.25, 0.3) is 0 Å². The zero-order chi connectivity index (χ0) is 13.0. The highest BCUT2D eigenvalue weighted by molar-refractivity contribution is 5.88. The molecule has 92 valence electrons. The van der Waals surface area contributed by atoms with Crippen LogP contribution >= 0.6 is 0 Å². The maximum atomic E-state index is 10.8. The minimum Gasteiger partial charge on any atom is -0.478 e. The minimum absolute atomic E-state index is 0.0973. The van der Waals surface area contributed by atoms with Crippen molar-refractivity contribution in [1.82, 2.24) is 19.9 Å². The molecule has 0 atom stereocenters. The highest BCUT2D eigenvalue weighted by Crippen LogP contribution is 2.07. The van der Waals surface area contributed by atoms with Gasteiger partial charge in [-0.3, -0.25) is 9.97 Å². The number of aryl methyl sites for hydroxylation is 1. The minimum atomic E-state index is -1.03. The van der Waals surface area contributed by atoms with Crippen molar-refractivity contribution in [2.75, 3.05) is 5.32 Å². The molecule has 2 N–H and O–H groups in total. The molecule has 0 saturated heterocycles. The molecule has 0 fully saturated rings. The lowest BCUT2D eigenvalue weighted by atomic mass is 10.2. The largest absolute Gasteiger partial charge is 0.478 e. The molecule has 0 amide bonds. The number of aromatic carboxylic acids is 1. The fourth-order valence-corrected chi connectivity index (χ4v) is 1.35. The predicted molar refractivity (Wildman–Crippen MR) is 63.1 cm³/mol. The van der Waals surface area contributed by atoms with E-state index in [4.69, 9.17) is 5.11 Å². The molecule has 0 aliphatic carbocycles. The molecule has 2 heterocycles. The van der Waals surface area contributed by atoms with Crippen LogP contribution in [0.5, 0.6) is 0 Å². The molecule has 0 aromatic carbocycles.